The van der Waals surface area contributed by atoms with E-state index in [9.17, 15) is 19.2 Å². The lowest BCUT2D eigenvalue weighted by atomic mass is 9.77. The molecule has 0 saturated heterocycles. The summed E-state index contributed by atoms with van der Waals surface area (Å²) < 4.78 is 11.5. The van der Waals surface area contributed by atoms with Crippen LogP contribution in [0.15, 0.2) is 97.1 Å². The molecule has 6 heteroatoms. The lowest BCUT2D eigenvalue weighted by Gasteiger charge is -2.29. The van der Waals surface area contributed by atoms with Gasteiger partial charge in [-0.1, -0.05) is 99.3 Å². The van der Waals surface area contributed by atoms with Gasteiger partial charge in [-0.2, -0.15) is 0 Å². The Hall–Kier alpha value is -4.84. The van der Waals surface area contributed by atoms with Crippen LogP contribution in [0.25, 0.3) is 0 Å². The zero-order valence-corrected chi connectivity index (χ0v) is 26.8. The van der Waals surface area contributed by atoms with Gasteiger partial charge in [0, 0.05) is 22.3 Å². The number of carbonyl (C=O) groups is 4. The summed E-state index contributed by atoms with van der Waals surface area (Å²) in [7, 11) is 0. The van der Waals surface area contributed by atoms with E-state index in [1.807, 2.05) is 54.6 Å². The van der Waals surface area contributed by atoms with Gasteiger partial charge >= 0.3 is 11.9 Å². The molecular weight excluding hydrogens is 588 g/mol. The summed E-state index contributed by atoms with van der Waals surface area (Å²) in [6, 6.07) is 27.9. The van der Waals surface area contributed by atoms with Crippen LogP contribution in [-0.2, 0) is 9.47 Å². The van der Waals surface area contributed by atoms with E-state index in [0.29, 0.717) is 28.2 Å². The van der Waals surface area contributed by atoms with Crippen LogP contribution < -0.4 is 0 Å². The summed E-state index contributed by atoms with van der Waals surface area (Å²) in [5, 5.41) is 0. The van der Waals surface area contributed by atoms with Crippen LogP contribution in [0.4, 0.5) is 0 Å². The number of esters is 2. The van der Waals surface area contributed by atoms with Gasteiger partial charge in [-0.05, 0) is 79.0 Å². The Bertz CT molecular complexity index is 1750. The lowest BCUT2D eigenvalue weighted by molar-refractivity contribution is -0.00134. The number of fused-ring (bicyclic) bond motifs is 2. The molecule has 2 aliphatic rings. The van der Waals surface area contributed by atoms with E-state index in [1.54, 1.807) is 24.3 Å². The normalized spacial score (nSPS) is 17.7. The van der Waals surface area contributed by atoms with E-state index in [-0.39, 0.29) is 34.9 Å². The number of benzene rings is 4. The van der Waals surface area contributed by atoms with Crippen molar-refractivity contribution in [1.82, 2.24) is 0 Å². The Kier molecular flexibility index (Phi) is 10.1. The van der Waals surface area contributed by atoms with Crippen LogP contribution in [0.3, 0.4) is 0 Å². The fourth-order valence-corrected chi connectivity index (χ4v) is 6.88. The van der Waals surface area contributed by atoms with E-state index < -0.39 is 18.0 Å². The standard InChI is InChI=1S/C41H40O6/c1-2-3-5-10-27-15-17-28(18-16-27)29-19-21-31(22-20-29)41(45)47-37(30-11-6-4-7-12-30)26-46-40(44)32-23-24-35-36(25-32)39(43)34-14-9-8-13-33(34)38(35)42/h4,6-9,11-14,19-25,27-28,37H,2-3,5,10,15-18,26H2,1H3/t27?,28?,37-/m1/s1. The minimum atomic E-state index is -0.844. The van der Waals surface area contributed by atoms with Crippen LogP contribution in [0.2, 0.25) is 0 Å². The average molecular weight is 629 g/mol. The highest BCUT2D eigenvalue weighted by molar-refractivity contribution is 6.28. The Morgan fingerprint density at radius 1 is 0.681 bits per heavy atom. The average Bonchev–Trinajstić information content (AvgIpc) is 3.12. The van der Waals surface area contributed by atoms with E-state index in [4.69, 9.17) is 9.47 Å². The maximum Gasteiger partial charge on any atom is 0.338 e. The molecular formula is C41H40O6. The monoisotopic (exact) mass is 628 g/mol. The van der Waals surface area contributed by atoms with Gasteiger partial charge in [0.1, 0.15) is 6.61 Å². The van der Waals surface area contributed by atoms with Crippen molar-refractivity contribution in [2.75, 3.05) is 6.61 Å². The molecule has 6 nitrogen and oxygen atoms in total. The first-order valence-corrected chi connectivity index (χ1v) is 16.8. The Labute approximate surface area is 276 Å². The summed E-state index contributed by atoms with van der Waals surface area (Å²) in [6.45, 7) is 2.03. The van der Waals surface area contributed by atoms with E-state index >= 15 is 0 Å². The van der Waals surface area contributed by atoms with E-state index in [0.717, 1.165) is 5.92 Å². The first-order chi connectivity index (χ1) is 22.9. The van der Waals surface area contributed by atoms with Gasteiger partial charge in [-0.3, -0.25) is 9.59 Å². The quantitative estimate of drug-likeness (QED) is 0.107. The smallest absolute Gasteiger partial charge is 0.338 e. The molecule has 1 atom stereocenters. The van der Waals surface area contributed by atoms with Crippen molar-refractivity contribution >= 4 is 23.5 Å². The van der Waals surface area contributed by atoms with Crippen molar-refractivity contribution in [3.05, 3.63) is 142 Å². The molecule has 0 bridgehead atoms. The maximum atomic E-state index is 13.3. The predicted octanol–water partition coefficient (Wildman–Crippen LogP) is 9.07. The van der Waals surface area contributed by atoms with Crippen LogP contribution in [0.1, 0.15) is 134 Å². The first kappa shape index (κ1) is 32.1. The lowest BCUT2D eigenvalue weighted by Crippen LogP contribution is -2.22. The maximum absolute atomic E-state index is 13.3. The molecule has 240 valence electrons. The molecule has 0 aliphatic heterocycles. The summed E-state index contributed by atoms with van der Waals surface area (Å²) in [5.41, 5.74) is 3.59. The number of unbranched alkanes of at least 4 members (excludes halogenated alkanes) is 2. The van der Waals surface area contributed by atoms with Gasteiger partial charge in [0.2, 0.25) is 0 Å². The van der Waals surface area contributed by atoms with E-state index in [1.165, 1.54) is 75.1 Å². The molecule has 4 aromatic rings. The molecule has 0 amide bonds. The summed E-state index contributed by atoms with van der Waals surface area (Å²) >= 11 is 0. The minimum absolute atomic E-state index is 0.132. The third-order valence-electron chi connectivity index (χ3n) is 9.63. The Balaban J connectivity index is 1.10. The molecule has 1 fully saturated rings. The molecule has 0 N–H and O–H groups in total. The molecule has 0 spiro atoms. The van der Waals surface area contributed by atoms with Gasteiger partial charge in [0.05, 0.1) is 11.1 Å². The Morgan fingerprint density at radius 3 is 1.98 bits per heavy atom. The number of carbonyl (C=O) groups excluding carboxylic acids is 4. The third-order valence-corrected chi connectivity index (χ3v) is 9.63. The first-order valence-electron chi connectivity index (χ1n) is 16.8. The fourth-order valence-electron chi connectivity index (χ4n) is 6.88. The van der Waals surface area contributed by atoms with Gasteiger partial charge in [0.15, 0.2) is 17.7 Å². The number of ether oxygens (including phenoxy) is 2. The molecule has 0 aromatic heterocycles. The number of hydrogen-bond acceptors (Lipinski definition) is 6. The highest BCUT2D eigenvalue weighted by Crippen LogP contribution is 2.38. The summed E-state index contributed by atoms with van der Waals surface area (Å²) in [6.07, 6.45) is 9.31. The van der Waals surface area contributed by atoms with Crippen molar-refractivity contribution in [3.63, 3.8) is 0 Å². The van der Waals surface area contributed by atoms with Gasteiger partial charge < -0.3 is 9.47 Å². The number of ketones is 2. The largest absolute Gasteiger partial charge is 0.458 e. The second-order valence-corrected chi connectivity index (χ2v) is 12.7. The van der Waals surface area contributed by atoms with E-state index in [2.05, 4.69) is 6.92 Å². The molecule has 4 aromatic carbocycles. The van der Waals surface area contributed by atoms with Crippen LogP contribution in [-0.4, -0.2) is 30.1 Å². The van der Waals surface area contributed by atoms with Crippen molar-refractivity contribution in [2.24, 2.45) is 5.92 Å². The predicted molar refractivity (Wildman–Crippen MR) is 180 cm³/mol. The van der Waals surface area contributed by atoms with Gasteiger partial charge in [0.25, 0.3) is 0 Å². The van der Waals surface area contributed by atoms with Gasteiger partial charge in [-0.25, -0.2) is 9.59 Å². The molecule has 6 rings (SSSR count). The van der Waals surface area contributed by atoms with Crippen molar-refractivity contribution < 1.29 is 28.7 Å². The summed E-state index contributed by atoms with van der Waals surface area (Å²) in [4.78, 5) is 52.6. The SMILES string of the molecule is CCCCCC1CCC(c2ccc(C(=O)O[C@H](COC(=O)c3ccc4c(c3)C(=O)c3ccccc3C4=O)c3ccccc3)cc2)CC1. The zero-order valence-electron chi connectivity index (χ0n) is 26.8. The minimum Gasteiger partial charge on any atom is -0.458 e. The highest BCUT2D eigenvalue weighted by atomic mass is 16.6. The van der Waals surface area contributed by atoms with Gasteiger partial charge in [-0.15, -0.1) is 0 Å². The van der Waals surface area contributed by atoms with Crippen molar-refractivity contribution in [2.45, 2.75) is 70.3 Å². The number of rotatable bonds is 11. The summed E-state index contributed by atoms with van der Waals surface area (Å²) in [5.74, 6) is -0.407. The topological polar surface area (TPSA) is 86.7 Å². The second kappa shape index (κ2) is 14.7. The van der Waals surface area contributed by atoms with Crippen LogP contribution >= 0.6 is 0 Å². The third kappa shape index (κ3) is 7.27. The number of hydrogen-bond donors (Lipinski definition) is 0. The fraction of sp³-hybridized carbons (Fsp3) is 0.317. The molecule has 0 heterocycles. The van der Waals surface area contributed by atoms with Crippen LogP contribution in [0.5, 0.6) is 0 Å². The second-order valence-electron chi connectivity index (χ2n) is 12.7. The molecule has 1 saturated carbocycles. The van der Waals surface area contributed by atoms with Crippen molar-refractivity contribution in [1.29, 1.82) is 0 Å². The Morgan fingerprint density at radius 2 is 1.30 bits per heavy atom. The van der Waals surface area contributed by atoms with Crippen LogP contribution in [0, 0.1) is 5.92 Å². The molecule has 0 unspecified atom stereocenters. The molecule has 0 radical (unpaired) electrons. The molecule has 2 aliphatic carbocycles. The van der Waals surface area contributed by atoms with Crippen molar-refractivity contribution in [3.8, 4) is 0 Å². The highest BCUT2D eigenvalue weighted by Gasteiger charge is 2.30. The zero-order chi connectivity index (χ0) is 32.8. The molecule has 47 heavy (non-hydrogen) atoms.